The zero-order valence-corrected chi connectivity index (χ0v) is 10.8. The first-order valence-corrected chi connectivity index (χ1v) is 6.03. The van der Waals surface area contributed by atoms with Gasteiger partial charge in [-0.3, -0.25) is 10.4 Å². The Morgan fingerprint density at radius 1 is 1.28 bits per heavy atom. The van der Waals surface area contributed by atoms with E-state index in [4.69, 9.17) is 11.1 Å². The molecule has 2 heterocycles. The first-order chi connectivity index (χ1) is 8.59. The van der Waals surface area contributed by atoms with Crippen LogP contribution in [0.3, 0.4) is 0 Å². The zero-order chi connectivity index (χ0) is 13.1. The largest absolute Gasteiger partial charge is 0.384 e. The molecule has 2 aromatic heterocycles. The van der Waals surface area contributed by atoms with Crippen molar-refractivity contribution in [1.29, 1.82) is 5.41 Å². The quantitative estimate of drug-likeness (QED) is 0.637. The van der Waals surface area contributed by atoms with E-state index in [0.29, 0.717) is 15.6 Å². The molecule has 0 bridgehead atoms. The van der Waals surface area contributed by atoms with E-state index in [9.17, 15) is 0 Å². The maximum atomic E-state index is 7.64. The standard InChI is InChI=1S/C11H12N6S/c1-6-7(2)16-17-11(9(6)10(12)13)18-8-5-14-3-4-15-8/h3-5H,1-2H3,(H3,12,13). The average molecular weight is 260 g/mol. The van der Waals surface area contributed by atoms with Gasteiger partial charge in [0.05, 0.1) is 17.5 Å². The van der Waals surface area contributed by atoms with Gasteiger partial charge in [0.1, 0.15) is 15.9 Å². The van der Waals surface area contributed by atoms with Gasteiger partial charge >= 0.3 is 0 Å². The van der Waals surface area contributed by atoms with Gasteiger partial charge in [0.2, 0.25) is 0 Å². The summed E-state index contributed by atoms with van der Waals surface area (Å²) in [5.41, 5.74) is 7.85. The number of hydrogen-bond donors (Lipinski definition) is 2. The molecule has 0 amide bonds. The molecule has 3 N–H and O–H groups in total. The number of rotatable bonds is 3. The van der Waals surface area contributed by atoms with Crippen LogP contribution in [0.2, 0.25) is 0 Å². The van der Waals surface area contributed by atoms with E-state index in [1.165, 1.54) is 11.8 Å². The molecular formula is C11H12N6S. The number of nitrogens with two attached hydrogens (primary N) is 1. The molecule has 2 aromatic rings. The molecule has 0 saturated heterocycles. The third-order valence-corrected chi connectivity index (χ3v) is 3.33. The highest BCUT2D eigenvalue weighted by atomic mass is 32.2. The van der Waals surface area contributed by atoms with Crippen LogP contribution in [0.15, 0.2) is 28.6 Å². The molecule has 92 valence electrons. The van der Waals surface area contributed by atoms with E-state index < -0.39 is 0 Å². The van der Waals surface area contributed by atoms with Crippen molar-refractivity contribution in [1.82, 2.24) is 20.2 Å². The van der Waals surface area contributed by atoms with Crippen molar-refractivity contribution in [2.45, 2.75) is 23.9 Å². The molecule has 0 aliphatic carbocycles. The first-order valence-electron chi connectivity index (χ1n) is 5.21. The minimum absolute atomic E-state index is 0.0168. The van der Waals surface area contributed by atoms with Gasteiger partial charge in [-0.25, -0.2) is 4.98 Å². The lowest BCUT2D eigenvalue weighted by Gasteiger charge is -2.10. The fraction of sp³-hybridized carbons (Fsp3) is 0.182. The van der Waals surface area contributed by atoms with E-state index in [1.54, 1.807) is 18.6 Å². The smallest absolute Gasteiger partial charge is 0.136 e. The molecule has 0 radical (unpaired) electrons. The van der Waals surface area contributed by atoms with E-state index in [-0.39, 0.29) is 5.84 Å². The topological polar surface area (TPSA) is 101 Å². The minimum atomic E-state index is -0.0168. The summed E-state index contributed by atoms with van der Waals surface area (Å²) in [5.74, 6) is -0.0168. The lowest BCUT2D eigenvalue weighted by atomic mass is 10.1. The molecule has 0 aromatic carbocycles. The summed E-state index contributed by atoms with van der Waals surface area (Å²) in [6.45, 7) is 3.72. The third kappa shape index (κ3) is 2.45. The maximum Gasteiger partial charge on any atom is 0.136 e. The molecule has 0 unspecified atom stereocenters. The third-order valence-electron chi connectivity index (χ3n) is 2.43. The Labute approximate surface area is 109 Å². The Morgan fingerprint density at radius 3 is 2.67 bits per heavy atom. The summed E-state index contributed by atoms with van der Waals surface area (Å²) >= 11 is 1.30. The molecular weight excluding hydrogens is 248 g/mol. The van der Waals surface area contributed by atoms with Crippen molar-refractivity contribution in [3.8, 4) is 0 Å². The van der Waals surface area contributed by atoms with Crippen LogP contribution in [0.4, 0.5) is 0 Å². The highest BCUT2D eigenvalue weighted by Gasteiger charge is 2.15. The lowest BCUT2D eigenvalue weighted by molar-refractivity contribution is 0.870. The number of nitrogen functional groups attached to an aromatic ring is 1. The van der Waals surface area contributed by atoms with Crippen molar-refractivity contribution in [3.63, 3.8) is 0 Å². The van der Waals surface area contributed by atoms with Crippen LogP contribution in [0.25, 0.3) is 0 Å². The summed E-state index contributed by atoms with van der Waals surface area (Å²) in [5, 5.41) is 17.0. The maximum absolute atomic E-state index is 7.64. The molecule has 0 atom stereocenters. The van der Waals surface area contributed by atoms with Gasteiger partial charge in [0.25, 0.3) is 0 Å². The van der Waals surface area contributed by atoms with Gasteiger partial charge in [-0.05, 0) is 31.2 Å². The van der Waals surface area contributed by atoms with E-state index in [1.807, 2.05) is 13.8 Å². The molecule has 0 fully saturated rings. The molecule has 7 heteroatoms. The lowest BCUT2D eigenvalue weighted by Crippen LogP contribution is -2.16. The Bertz CT molecular complexity index is 584. The van der Waals surface area contributed by atoms with E-state index in [2.05, 4.69) is 20.2 Å². The van der Waals surface area contributed by atoms with Gasteiger partial charge in [-0.1, -0.05) is 0 Å². The highest BCUT2D eigenvalue weighted by molar-refractivity contribution is 7.99. The summed E-state index contributed by atoms with van der Waals surface area (Å²) < 4.78 is 0. The summed E-state index contributed by atoms with van der Waals surface area (Å²) in [4.78, 5) is 8.13. The van der Waals surface area contributed by atoms with Gasteiger partial charge in [-0.15, -0.1) is 5.10 Å². The molecule has 6 nitrogen and oxygen atoms in total. The number of amidine groups is 1. The van der Waals surface area contributed by atoms with Crippen LogP contribution in [0, 0.1) is 19.3 Å². The molecule has 0 aliphatic heterocycles. The SMILES string of the molecule is Cc1nnc(Sc2cnccn2)c(C(=N)N)c1C. The molecule has 18 heavy (non-hydrogen) atoms. The van der Waals surface area contributed by atoms with Crippen LogP contribution in [-0.2, 0) is 0 Å². The van der Waals surface area contributed by atoms with Crippen LogP contribution in [-0.4, -0.2) is 26.0 Å². The predicted molar refractivity (Wildman–Crippen MR) is 68.7 cm³/mol. The second-order valence-corrected chi connectivity index (χ2v) is 4.66. The Morgan fingerprint density at radius 2 is 2.06 bits per heavy atom. The second kappa shape index (κ2) is 5.09. The van der Waals surface area contributed by atoms with Crippen molar-refractivity contribution in [3.05, 3.63) is 35.4 Å². The fourth-order valence-corrected chi connectivity index (χ4v) is 2.28. The van der Waals surface area contributed by atoms with Crippen LogP contribution < -0.4 is 5.73 Å². The van der Waals surface area contributed by atoms with Gasteiger partial charge in [-0.2, -0.15) is 5.10 Å². The van der Waals surface area contributed by atoms with Crippen LogP contribution in [0.5, 0.6) is 0 Å². The number of nitrogens with zero attached hydrogens (tertiary/aromatic N) is 4. The zero-order valence-electron chi connectivity index (χ0n) is 10.0. The Hall–Kier alpha value is -2.02. The number of aryl methyl sites for hydroxylation is 1. The highest BCUT2D eigenvalue weighted by Crippen LogP contribution is 2.28. The van der Waals surface area contributed by atoms with Gasteiger partial charge in [0.15, 0.2) is 0 Å². The van der Waals surface area contributed by atoms with Crippen LogP contribution in [0.1, 0.15) is 16.8 Å². The number of hydrogen-bond acceptors (Lipinski definition) is 6. The summed E-state index contributed by atoms with van der Waals surface area (Å²) in [6, 6.07) is 0. The van der Waals surface area contributed by atoms with Crippen molar-refractivity contribution in [2.24, 2.45) is 5.73 Å². The van der Waals surface area contributed by atoms with Gasteiger partial charge in [0, 0.05) is 12.4 Å². The molecule has 0 saturated carbocycles. The fourth-order valence-electron chi connectivity index (χ4n) is 1.41. The van der Waals surface area contributed by atoms with Crippen LogP contribution >= 0.6 is 11.8 Å². The van der Waals surface area contributed by atoms with Crippen molar-refractivity contribution in [2.75, 3.05) is 0 Å². The monoisotopic (exact) mass is 260 g/mol. The minimum Gasteiger partial charge on any atom is -0.384 e. The van der Waals surface area contributed by atoms with Crippen molar-refractivity contribution < 1.29 is 0 Å². The number of aromatic nitrogens is 4. The van der Waals surface area contributed by atoms with Gasteiger partial charge < -0.3 is 5.73 Å². The van der Waals surface area contributed by atoms with E-state index >= 15 is 0 Å². The Kier molecular flexibility index (Phi) is 3.52. The second-order valence-electron chi connectivity index (χ2n) is 3.65. The molecule has 0 aliphatic rings. The van der Waals surface area contributed by atoms with E-state index in [0.717, 1.165) is 11.3 Å². The van der Waals surface area contributed by atoms with Crippen molar-refractivity contribution >= 4 is 17.6 Å². The Balaban J connectivity index is 2.45. The molecule has 0 spiro atoms. The summed E-state index contributed by atoms with van der Waals surface area (Å²) in [7, 11) is 0. The molecule has 2 rings (SSSR count). The normalized spacial score (nSPS) is 10.3. The number of nitrogens with one attached hydrogen (secondary N) is 1. The average Bonchev–Trinajstić information content (AvgIpc) is 2.35. The summed E-state index contributed by atoms with van der Waals surface area (Å²) in [6.07, 6.45) is 4.83. The predicted octanol–water partition coefficient (Wildman–Crippen LogP) is 1.32. The first kappa shape index (κ1) is 12.4.